The molecule has 1 aromatic heterocycles. The first kappa shape index (κ1) is 29.9. The molecular weight excluding hydrogens is 512 g/mol. The fourth-order valence-corrected chi connectivity index (χ4v) is 6.25. The summed E-state index contributed by atoms with van der Waals surface area (Å²) in [5.74, 6) is -1.51. The molecule has 3 fully saturated rings. The Hall–Kier alpha value is -3.05. The van der Waals surface area contributed by atoms with Crippen molar-refractivity contribution < 1.29 is 24.3 Å². The summed E-state index contributed by atoms with van der Waals surface area (Å²) in [5.41, 5.74) is 0.885. The van der Waals surface area contributed by atoms with E-state index in [1.165, 1.54) is 0 Å². The van der Waals surface area contributed by atoms with E-state index in [0.717, 1.165) is 57.7 Å². The van der Waals surface area contributed by atoms with Crippen molar-refractivity contribution in [3.8, 4) is 0 Å². The van der Waals surface area contributed by atoms with Gasteiger partial charge in [-0.2, -0.15) is 0 Å². The molecule has 3 N–H and O–H groups in total. The number of hydrogen-bond donors (Lipinski definition) is 3. The topological polar surface area (TPSA) is 135 Å². The number of carbonyl (C=O) groups excluding carboxylic acids is 3. The summed E-state index contributed by atoms with van der Waals surface area (Å²) in [7, 11) is 1.75. The number of hydrogen-bond acceptors (Lipinski definition) is 7. The number of nitrogens with one attached hydrogen (secondary N) is 2. The second kappa shape index (κ2) is 14.5. The van der Waals surface area contributed by atoms with Crippen LogP contribution in [-0.4, -0.2) is 108 Å². The Balaban J connectivity index is 1.05. The zero-order valence-corrected chi connectivity index (χ0v) is 23.6. The number of amides is 3. The molecule has 4 rings (SSSR count). The first-order chi connectivity index (χ1) is 19.3. The Bertz CT molecular complexity index is 1010. The molecule has 0 aromatic carbocycles. The third kappa shape index (κ3) is 8.00. The first-order valence-corrected chi connectivity index (χ1v) is 14.7. The van der Waals surface area contributed by atoms with E-state index in [1.807, 2.05) is 12.1 Å². The number of aromatic nitrogens is 1. The van der Waals surface area contributed by atoms with Crippen molar-refractivity contribution in [1.29, 1.82) is 0 Å². The quantitative estimate of drug-likeness (QED) is 0.326. The molecule has 11 nitrogen and oxygen atoms in total. The van der Waals surface area contributed by atoms with Crippen LogP contribution in [0.3, 0.4) is 0 Å². The van der Waals surface area contributed by atoms with Gasteiger partial charge in [-0.1, -0.05) is 6.07 Å². The average molecular weight is 557 g/mol. The second-order valence-electron chi connectivity index (χ2n) is 11.4. The second-order valence-corrected chi connectivity index (χ2v) is 11.4. The zero-order chi connectivity index (χ0) is 28.5. The molecule has 2 aliphatic heterocycles. The molecule has 2 atom stereocenters. The van der Waals surface area contributed by atoms with Gasteiger partial charge in [-0.25, -0.2) is 0 Å². The molecule has 40 heavy (non-hydrogen) atoms. The predicted molar refractivity (Wildman–Crippen MR) is 149 cm³/mol. The van der Waals surface area contributed by atoms with Crippen LogP contribution in [0, 0.1) is 17.8 Å². The molecule has 11 heteroatoms. The van der Waals surface area contributed by atoms with Crippen LogP contribution in [0.5, 0.6) is 0 Å². The average Bonchev–Trinajstić information content (AvgIpc) is 3.28. The molecule has 0 spiro atoms. The number of piperazine rings is 1. The molecule has 3 aliphatic rings. The van der Waals surface area contributed by atoms with Gasteiger partial charge in [-0.15, -0.1) is 0 Å². The standard InChI is InChI=1S/C29H44N6O5/c1-33-25(36)19-24(26(33)23-5-2-10-30-20-23)28(38)32-12-4-14-35-17-15-34(16-18-35)13-3-11-31-27(37)21-6-8-22(9-7-21)29(39)40/h2,5,10,20-22,24,26H,3-4,6-9,11-19H2,1H3,(H,31,37)(H,32,38)(H,39,40)/t21-,22+,24-,26+/m0/s1. The van der Waals surface area contributed by atoms with Gasteiger partial charge in [0.25, 0.3) is 0 Å². The Morgan fingerprint density at radius 3 is 2.05 bits per heavy atom. The van der Waals surface area contributed by atoms with E-state index in [0.29, 0.717) is 38.8 Å². The fraction of sp³-hybridized carbons (Fsp3) is 0.690. The van der Waals surface area contributed by atoms with Crippen LogP contribution < -0.4 is 10.6 Å². The number of aliphatic carboxylic acids is 1. The Morgan fingerprint density at radius 2 is 1.50 bits per heavy atom. The van der Waals surface area contributed by atoms with Gasteiger partial charge in [0.2, 0.25) is 17.7 Å². The first-order valence-electron chi connectivity index (χ1n) is 14.7. The fourth-order valence-electron chi connectivity index (χ4n) is 6.25. The van der Waals surface area contributed by atoms with E-state index in [-0.39, 0.29) is 42.0 Å². The summed E-state index contributed by atoms with van der Waals surface area (Å²) in [4.78, 5) is 59.4. The van der Waals surface area contributed by atoms with Gasteiger partial charge < -0.3 is 30.4 Å². The molecule has 0 bridgehead atoms. The number of carboxylic acids is 1. The lowest BCUT2D eigenvalue weighted by Gasteiger charge is -2.34. The molecule has 0 unspecified atom stereocenters. The van der Waals surface area contributed by atoms with E-state index in [2.05, 4.69) is 25.4 Å². The SMILES string of the molecule is CN1C(=O)C[C@H](C(=O)NCCCN2CCN(CCCNC(=O)[C@H]3CC[C@@H](C(=O)O)CC3)CC2)[C@H]1c1cccnc1. The van der Waals surface area contributed by atoms with Crippen molar-refractivity contribution in [3.05, 3.63) is 30.1 Å². The third-order valence-corrected chi connectivity index (χ3v) is 8.76. The van der Waals surface area contributed by atoms with Crippen LogP contribution in [0.4, 0.5) is 0 Å². The van der Waals surface area contributed by atoms with Crippen LogP contribution in [0.1, 0.15) is 56.6 Å². The van der Waals surface area contributed by atoms with Gasteiger partial charge >= 0.3 is 5.97 Å². The number of rotatable bonds is 12. The highest BCUT2D eigenvalue weighted by Gasteiger charge is 2.42. The van der Waals surface area contributed by atoms with Gasteiger partial charge in [0, 0.05) is 71.0 Å². The number of likely N-dealkylation sites (tertiary alicyclic amines) is 1. The minimum absolute atomic E-state index is 0.0193. The van der Waals surface area contributed by atoms with E-state index in [1.54, 1.807) is 24.3 Å². The largest absolute Gasteiger partial charge is 0.481 e. The lowest BCUT2D eigenvalue weighted by molar-refractivity contribution is -0.144. The monoisotopic (exact) mass is 556 g/mol. The highest BCUT2D eigenvalue weighted by Crippen LogP contribution is 2.36. The van der Waals surface area contributed by atoms with E-state index in [9.17, 15) is 19.2 Å². The summed E-state index contributed by atoms with van der Waals surface area (Å²) in [5, 5.41) is 15.2. The molecule has 220 valence electrons. The lowest BCUT2D eigenvalue weighted by Crippen LogP contribution is -2.47. The summed E-state index contributed by atoms with van der Waals surface area (Å²) in [6, 6.07) is 3.47. The smallest absolute Gasteiger partial charge is 0.306 e. The van der Waals surface area contributed by atoms with Crippen LogP contribution >= 0.6 is 0 Å². The number of carboxylic acid groups (broad SMARTS) is 1. The molecule has 1 saturated carbocycles. The highest BCUT2D eigenvalue weighted by molar-refractivity contribution is 5.90. The van der Waals surface area contributed by atoms with Crippen LogP contribution in [0.15, 0.2) is 24.5 Å². The van der Waals surface area contributed by atoms with Crippen LogP contribution in [0.25, 0.3) is 0 Å². The normalized spacial score (nSPS) is 26.0. The number of pyridine rings is 1. The van der Waals surface area contributed by atoms with Gasteiger partial charge in [0.1, 0.15) is 0 Å². The van der Waals surface area contributed by atoms with Crippen LogP contribution in [0.2, 0.25) is 0 Å². The minimum Gasteiger partial charge on any atom is -0.481 e. The van der Waals surface area contributed by atoms with Crippen molar-refractivity contribution in [2.24, 2.45) is 17.8 Å². The van der Waals surface area contributed by atoms with Crippen molar-refractivity contribution in [3.63, 3.8) is 0 Å². The van der Waals surface area contributed by atoms with E-state index < -0.39 is 11.9 Å². The molecule has 2 saturated heterocycles. The Kier molecular flexibility index (Phi) is 10.9. The molecule has 1 aliphatic carbocycles. The lowest BCUT2D eigenvalue weighted by atomic mass is 9.81. The summed E-state index contributed by atoms with van der Waals surface area (Å²) >= 11 is 0. The van der Waals surface area contributed by atoms with Crippen LogP contribution in [-0.2, 0) is 19.2 Å². The molecule has 1 aromatic rings. The maximum atomic E-state index is 12.9. The maximum Gasteiger partial charge on any atom is 0.306 e. The summed E-state index contributed by atoms with van der Waals surface area (Å²) in [6.45, 7) is 7.06. The van der Waals surface area contributed by atoms with Crippen molar-refractivity contribution in [2.75, 3.05) is 59.4 Å². The van der Waals surface area contributed by atoms with Gasteiger partial charge in [0.05, 0.1) is 17.9 Å². The van der Waals surface area contributed by atoms with Gasteiger partial charge in [0.15, 0.2) is 0 Å². The van der Waals surface area contributed by atoms with Crippen molar-refractivity contribution in [2.45, 2.75) is 51.0 Å². The molecular formula is C29H44N6O5. The third-order valence-electron chi connectivity index (χ3n) is 8.76. The summed E-state index contributed by atoms with van der Waals surface area (Å²) < 4.78 is 0. The predicted octanol–water partition coefficient (Wildman–Crippen LogP) is 1.12. The maximum absolute atomic E-state index is 12.9. The number of carbonyl (C=O) groups is 4. The molecule has 0 radical (unpaired) electrons. The highest BCUT2D eigenvalue weighted by atomic mass is 16.4. The minimum atomic E-state index is -0.743. The van der Waals surface area contributed by atoms with E-state index in [4.69, 9.17) is 5.11 Å². The zero-order valence-electron chi connectivity index (χ0n) is 23.6. The van der Waals surface area contributed by atoms with Gasteiger partial charge in [-0.3, -0.25) is 24.2 Å². The van der Waals surface area contributed by atoms with Gasteiger partial charge in [-0.05, 0) is 63.2 Å². The van der Waals surface area contributed by atoms with Crippen molar-refractivity contribution in [1.82, 2.24) is 30.3 Å². The van der Waals surface area contributed by atoms with Crippen molar-refractivity contribution >= 4 is 23.7 Å². The Morgan fingerprint density at radius 1 is 0.925 bits per heavy atom. The molecule has 3 amide bonds. The summed E-state index contributed by atoms with van der Waals surface area (Å²) in [6.07, 6.45) is 7.92. The Labute approximate surface area is 236 Å². The molecule has 3 heterocycles. The van der Waals surface area contributed by atoms with E-state index >= 15 is 0 Å². The number of nitrogens with zero attached hydrogens (tertiary/aromatic N) is 4.